The third kappa shape index (κ3) is 5.36. The number of benzene rings is 2. The van der Waals surface area contributed by atoms with Crippen LogP contribution in [0.5, 0.6) is 0 Å². The van der Waals surface area contributed by atoms with Gasteiger partial charge < -0.3 is 20.7 Å². The number of likely N-dealkylation sites (tertiary alicyclic amines) is 1. The number of ether oxygens (including phenoxy) is 1. The number of nitrogens with two attached hydrogens (primary N) is 1. The van der Waals surface area contributed by atoms with Crippen LogP contribution in [0.1, 0.15) is 39.9 Å². The van der Waals surface area contributed by atoms with E-state index in [4.69, 9.17) is 22.1 Å². The Kier molecular flexibility index (Phi) is 7.74. The Labute approximate surface area is 220 Å². The van der Waals surface area contributed by atoms with E-state index in [0.717, 1.165) is 17.0 Å². The maximum Gasteiger partial charge on any atom is 0.349 e. The maximum atomic E-state index is 14.5. The van der Waals surface area contributed by atoms with Gasteiger partial charge in [-0.1, -0.05) is 35.9 Å². The van der Waals surface area contributed by atoms with Crippen LogP contribution in [0.3, 0.4) is 0 Å². The minimum atomic E-state index is -3.78. The molecule has 2 aromatic rings. The quantitative estimate of drug-likeness (QED) is 0.378. The average Bonchev–Trinajstić information content (AvgIpc) is 3.22. The van der Waals surface area contributed by atoms with Gasteiger partial charge in [-0.3, -0.25) is 24.0 Å². The number of esters is 1. The van der Waals surface area contributed by atoms with Gasteiger partial charge in [0.1, 0.15) is 6.04 Å². The van der Waals surface area contributed by atoms with Crippen molar-refractivity contribution >= 4 is 41.2 Å². The first-order chi connectivity index (χ1) is 18.0. The molecule has 0 saturated carbocycles. The fraction of sp³-hybridized carbons (Fsp3) is 0.320. The van der Waals surface area contributed by atoms with Crippen molar-refractivity contribution in [2.75, 3.05) is 13.3 Å². The minimum Gasteiger partial charge on any atom is -0.443 e. The number of imide groups is 1. The number of nitrogens with one attached hydrogen (secondary N) is 1. The Bertz CT molecular complexity index is 1300. The monoisotopic (exact) mass is 548 g/mol. The van der Waals surface area contributed by atoms with Gasteiger partial charge in [0, 0.05) is 35.7 Å². The van der Waals surface area contributed by atoms with Crippen molar-refractivity contribution < 1.29 is 37.5 Å². The highest BCUT2D eigenvalue weighted by Crippen LogP contribution is 2.31. The molecule has 38 heavy (non-hydrogen) atoms. The zero-order valence-corrected chi connectivity index (χ0v) is 20.7. The number of rotatable bonds is 8. The van der Waals surface area contributed by atoms with Gasteiger partial charge in [0.2, 0.25) is 5.91 Å². The summed E-state index contributed by atoms with van der Waals surface area (Å²) in [5.41, 5.74) is 6.00. The molecule has 2 heterocycles. The summed E-state index contributed by atoms with van der Waals surface area (Å²) in [5.74, 6) is -7.71. The number of nitrogens with zero attached hydrogens (tertiary/aromatic N) is 2. The molecule has 1 atom stereocenters. The number of fused-ring (bicyclic) bond motifs is 1. The lowest BCUT2D eigenvalue weighted by molar-refractivity contribution is -0.163. The lowest BCUT2D eigenvalue weighted by Crippen LogP contribution is -2.55. The van der Waals surface area contributed by atoms with E-state index < -0.39 is 60.4 Å². The molecule has 1 unspecified atom stereocenters. The van der Waals surface area contributed by atoms with Crippen LogP contribution in [-0.2, 0) is 42.9 Å². The first-order valence-electron chi connectivity index (χ1n) is 11.6. The molecule has 0 radical (unpaired) electrons. The molecule has 4 amide bonds. The first-order valence-corrected chi connectivity index (χ1v) is 12.0. The van der Waals surface area contributed by atoms with E-state index in [1.807, 2.05) is 0 Å². The number of carbonyl (C=O) groups is 5. The molecule has 0 bridgehead atoms. The SMILES string of the molecule is NCC(=O)OCN1C(=O)CCC(N2Cc3cc(CNC(=O)C(F)(F)c4ccc(Cl)cc4)ccc3C2=O)C1=O. The molecule has 2 aliphatic rings. The van der Waals surface area contributed by atoms with Gasteiger partial charge in [-0.2, -0.15) is 8.78 Å². The van der Waals surface area contributed by atoms with Crippen LogP contribution in [-0.4, -0.2) is 58.7 Å². The van der Waals surface area contributed by atoms with Crippen molar-refractivity contribution in [2.24, 2.45) is 5.73 Å². The number of alkyl halides is 2. The van der Waals surface area contributed by atoms with E-state index in [2.05, 4.69) is 5.32 Å². The van der Waals surface area contributed by atoms with E-state index >= 15 is 0 Å². The summed E-state index contributed by atoms with van der Waals surface area (Å²) in [6.07, 6.45) is 0.0667. The van der Waals surface area contributed by atoms with Crippen LogP contribution < -0.4 is 11.1 Å². The van der Waals surface area contributed by atoms with Gasteiger partial charge in [0.05, 0.1) is 6.54 Å². The van der Waals surface area contributed by atoms with E-state index in [9.17, 15) is 32.8 Å². The fourth-order valence-electron chi connectivity index (χ4n) is 4.28. The third-order valence-electron chi connectivity index (χ3n) is 6.33. The van der Waals surface area contributed by atoms with Gasteiger partial charge in [-0.15, -0.1) is 0 Å². The van der Waals surface area contributed by atoms with Crippen molar-refractivity contribution in [1.82, 2.24) is 15.1 Å². The van der Waals surface area contributed by atoms with Crippen molar-refractivity contribution in [3.63, 3.8) is 0 Å². The van der Waals surface area contributed by atoms with Crippen molar-refractivity contribution in [3.8, 4) is 0 Å². The van der Waals surface area contributed by atoms with Gasteiger partial charge >= 0.3 is 11.9 Å². The lowest BCUT2D eigenvalue weighted by atomic mass is 10.0. The van der Waals surface area contributed by atoms with Crippen LogP contribution in [0.2, 0.25) is 5.02 Å². The highest BCUT2D eigenvalue weighted by molar-refractivity contribution is 6.30. The van der Waals surface area contributed by atoms with E-state index in [1.165, 1.54) is 29.2 Å². The van der Waals surface area contributed by atoms with Crippen molar-refractivity contribution in [2.45, 2.75) is 37.9 Å². The standard InChI is InChI=1S/C25H23ClF2N4O6/c26-17-4-2-16(3-5-17)25(27,28)24(37)30-11-14-1-6-18-15(9-14)12-31(22(18)35)19-7-8-20(33)32(23(19)36)13-38-21(34)10-29/h1-6,9,19H,7-8,10-13,29H2,(H,30,37). The van der Waals surface area contributed by atoms with Gasteiger partial charge in [-0.25, -0.2) is 4.90 Å². The maximum absolute atomic E-state index is 14.5. The Morgan fingerprint density at radius 3 is 2.53 bits per heavy atom. The fourth-order valence-corrected chi connectivity index (χ4v) is 4.41. The Morgan fingerprint density at radius 2 is 1.84 bits per heavy atom. The Balaban J connectivity index is 1.42. The van der Waals surface area contributed by atoms with Crippen molar-refractivity contribution in [1.29, 1.82) is 0 Å². The molecule has 200 valence electrons. The number of carbonyl (C=O) groups excluding carboxylic acids is 5. The molecule has 0 aliphatic carbocycles. The average molecular weight is 549 g/mol. The second-order valence-electron chi connectivity index (χ2n) is 8.75. The second kappa shape index (κ2) is 10.8. The number of hydrogen-bond acceptors (Lipinski definition) is 7. The highest BCUT2D eigenvalue weighted by Gasteiger charge is 2.43. The molecular weight excluding hydrogens is 526 g/mol. The molecular formula is C25H23ClF2N4O6. The molecule has 13 heteroatoms. The molecule has 10 nitrogen and oxygen atoms in total. The number of hydrogen-bond donors (Lipinski definition) is 2. The molecule has 0 spiro atoms. The summed E-state index contributed by atoms with van der Waals surface area (Å²) in [6, 6.07) is 8.32. The summed E-state index contributed by atoms with van der Waals surface area (Å²) < 4.78 is 33.9. The number of halogens is 3. The third-order valence-corrected chi connectivity index (χ3v) is 6.58. The summed E-state index contributed by atoms with van der Waals surface area (Å²) in [6.45, 7) is -1.19. The van der Waals surface area contributed by atoms with Crippen LogP contribution in [0.25, 0.3) is 0 Å². The predicted molar refractivity (Wildman–Crippen MR) is 128 cm³/mol. The molecule has 1 saturated heterocycles. The van der Waals surface area contributed by atoms with E-state index in [1.54, 1.807) is 6.07 Å². The smallest absolute Gasteiger partial charge is 0.349 e. The summed E-state index contributed by atoms with van der Waals surface area (Å²) >= 11 is 5.72. The molecule has 1 fully saturated rings. The van der Waals surface area contributed by atoms with Crippen LogP contribution >= 0.6 is 11.6 Å². The molecule has 0 aromatic heterocycles. The molecule has 3 N–H and O–H groups in total. The molecule has 2 aliphatic heterocycles. The number of amides is 4. The minimum absolute atomic E-state index is 0.0319. The van der Waals surface area contributed by atoms with Gasteiger partial charge in [0.25, 0.3) is 17.7 Å². The molecule has 2 aromatic carbocycles. The van der Waals surface area contributed by atoms with Crippen LogP contribution in [0, 0.1) is 0 Å². The lowest BCUT2D eigenvalue weighted by Gasteiger charge is -2.34. The summed E-state index contributed by atoms with van der Waals surface area (Å²) in [4.78, 5) is 63.8. The largest absolute Gasteiger partial charge is 0.443 e. The van der Waals surface area contributed by atoms with Gasteiger partial charge in [-0.05, 0) is 35.7 Å². The van der Waals surface area contributed by atoms with Crippen LogP contribution in [0.4, 0.5) is 8.78 Å². The zero-order chi connectivity index (χ0) is 27.6. The first kappa shape index (κ1) is 27.1. The molecule has 4 rings (SSSR count). The van der Waals surface area contributed by atoms with Crippen molar-refractivity contribution in [3.05, 3.63) is 69.7 Å². The number of piperidine rings is 1. The predicted octanol–water partition coefficient (Wildman–Crippen LogP) is 1.68. The Morgan fingerprint density at radius 1 is 1.13 bits per heavy atom. The van der Waals surface area contributed by atoms with E-state index in [0.29, 0.717) is 16.7 Å². The van der Waals surface area contributed by atoms with Crippen LogP contribution in [0.15, 0.2) is 42.5 Å². The Hall–Kier alpha value is -3.90. The highest BCUT2D eigenvalue weighted by atomic mass is 35.5. The van der Waals surface area contributed by atoms with E-state index in [-0.39, 0.29) is 31.0 Å². The topological polar surface area (TPSA) is 139 Å². The second-order valence-corrected chi connectivity index (χ2v) is 9.19. The summed E-state index contributed by atoms with van der Waals surface area (Å²) in [7, 11) is 0. The normalized spacial score (nSPS) is 17.5. The van der Waals surface area contributed by atoms with Gasteiger partial charge in [0.15, 0.2) is 6.73 Å². The zero-order valence-electron chi connectivity index (χ0n) is 19.9. The summed E-state index contributed by atoms with van der Waals surface area (Å²) in [5, 5.41) is 2.47.